The summed E-state index contributed by atoms with van der Waals surface area (Å²) >= 11 is 0. The summed E-state index contributed by atoms with van der Waals surface area (Å²) in [7, 11) is 1.84. The number of halogens is 1. The number of aliphatic carboxylic acids is 1. The first-order valence-corrected chi connectivity index (χ1v) is 4.20. The van der Waals surface area contributed by atoms with Gasteiger partial charge in [-0.2, -0.15) is 0 Å². The van der Waals surface area contributed by atoms with Crippen LogP contribution in [0.4, 0.5) is 0 Å². The van der Waals surface area contributed by atoms with Crippen molar-refractivity contribution in [2.75, 3.05) is 20.1 Å². The Labute approximate surface area is 85.5 Å². The van der Waals surface area contributed by atoms with Gasteiger partial charge in [-0.25, -0.2) is 0 Å². The Balaban J connectivity index is 0. The maximum atomic E-state index is 10.7. The Hall–Kier alpha value is -0.320. The van der Waals surface area contributed by atoms with Gasteiger partial charge in [0.15, 0.2) is 0 Å². The van der Waals surface area contributed by atoms with Crippen LogP contribution in [0.2, 0.25) is 0 Å². The topological polar surface area (TPSA) is 61.4 Å². The van der Waals surface area contributed by atoms with E-state index in [2.05, 4.69) is 10.6 Å². The molecule has 0 aromatic heterocycles. The van der Waals surface area contributed by atoms with Crippen molar-refractivity contribution in [3.63, 3.8) is 0 Å². The third-order valence-electron chi connectivity index (χ3n) is 1.67. The average Bonchev–Trinajstić information content (AvgIpc) is 1.96. The number of carboxylic acid groups (broad SMARTS) is 1. The molecule has 0 aliphatic carbocycles. The number of carboxylic acids is 1. The van der Waals surface area contributed by atoms with Crippen molar-refractivity contribution in [2.45, 2.75) is 19.9 Å². The van der Waals surface area contributed by atoms with E-state index < -0.39 is 12.0 Å². The zero-order valence-corrected chi connectivity index (χ0v) is 9.15. The van der Waals surface area contributed by atoms with Crippen LogP contribution in [0.25, 0.3) is 0 Å². The van der Waals surface area contributed by atoms with Crippen LogP contribution in [0.1, 0.15) is 13.8 Å². The summed E-state index contributed by atoms with van der Waals surface area (Å²) in [6, 6.07) is -0.432. The van der Waals surface area contributed by atoms with Crippen LogP contribution in [0, 0.1) is 5.92 Å². The largest absolute Gasteiger partial charge is 0.480 e. The van der Waals surface area contributed by atoms with Crippen molar-refractivity contribution >= 4 is 18.4 Å². The van der Waals surface area contributed by atoms with Crippen molar-refractivity contribution in [2.24, 2.45) is 5.92 Å². The lowest BCUT2D eigenvalue weighted by Crippen LogP contribution is -2.43. The minimum absolute atomic E-state index is 0. The molecule has 0 unspecified atom stereocenters. The monoisotopic (exact) mass is 210 g/mol. The predicted octanol–water partition coefficient (Wildman–Crippen LogP) is 0.326. The quantitative estimate of drug-likeness (QED) is 0.553. The fourth-order valence-electron chi connectivity index (χ4n) is 0.961. The average molecular weight is 211 g/mol. The van der Waals surface area contributed by atoms with Crippen LogP contribution in [-0.2, 0) is 4.79 Å². The molecule has 80 valence electrons. The first-order valence-electron chi connectivity index (χ1n) is 4.20. The SMILES string of the molecule is CNCCN[C@H](C(=O)O)C(C)C.Cl. The van der Waals surface area contributed by atoms with Gasteiger partial charge in [0.05, 0.1) is 0 Å². The molecule has 4 nitrogen and oxygen atoms in total. The van der Waals surface area contributed by atoms with Crippen LogP contribution in [0.5, 0.6) is 0 Å². The summed E-state index contributed by atoms with van der Waals surface area (Å²) in [5.74, 6) is -0.652. The first kappa shape index (κ1) is 15.2. The lowest BCUT2D eigenvalue weighted by atomic mass is 10.1. The molecular weight excluding hydrogens is 192 g/mol. The highest BCUT2D eigenvalue weighted by Gasteiger charge is 2.19. The van der Waals surface area contributed by atoms with Gasteiger partial charge in [0, 0.05) is 13.1 Å². The van der Waals surface area contributed by atoms with E-state index in [0.29, 0.717) is 6.54 Å². The lowest BCUT2D eigenvalue weighted by molar-refractivity contribution is -0.140. The minimum atomic E-state index is -0.777. The molecule has 13 heavy (non-hydrogen) atoms. The van der Waals surface area contributed by atoms with Crippen molar-refractivity contribution < 1.29 is 9.90 Å². The van der Waals surface area contributed by atoms with Gasteiger partial charge < -0.3 is 15.7 Å². The molecular formula is C8H19ClN2O2. The maximum absolute atomic E-state index is 10.7. The van der Waals surface area contributed by atoms with E-state index in [4.69, 9.17) is 5.11 Å². The van der Waals surface area contributed by atoms with Crippen LogP contribution in [0.15, 0.2) is 0 Å². The molecule has 0 aromatic carbocycles. The van der Waals surface area contributed by atoms with E-state index >= 15 is 0 Å². The molecule has 0 heterocycles. The number of likely N-dealkylation sites (N-methyl/N-ethyl adjacent to an activating group) is 1. The van der Waals surface area contributed by atoms with E-state index in [-0.39, 0.29) is 18.3 Å². The first-order chi connectivity index (χ1) is 5.59. The van der Waals surface area contributed by atoms with E-state index in [1.54, 1.807) is 0 Å². The molecule has 0 amide bonds. The molecule has 0 aliphatic heterocycles. The Morgan fingerprint density at radius 2 is 1.92 bits per heavy atom. The molecule has 0 aliphatic rings. The third-order valence-corrected chi connectivity index (χ3v) is 1.67. The summed E-state index contributed by atoms with van der Waals surface area (Å²) in [5, 5.41) is 14.7. The molecule has 0 spiro atoms. The molecule has 0 fully saturated rings. The molecule has 0 saturated heterocycles. The van der Waals surface area contributed by atoms with Gasteiger partial charge in [0.1, 0.15) is 6.04 Å². The van der Waals surface area contributed by atoms with Gasteiger partial charge in [-0.15, -0.1) is 12.4 Å². The molecule has 5 heteroatoms. The number of nitrogens with one attached hydrogen (secondary N) is 2. The highest BCUT2D eigenvalue weighted by molar-refractivity contribution is 5.85. The van der Waals surface area contributed by atoms with Gasteiger partial charge >= 0.3 is 5.97 Å². The van der Waals surface area contributed by atoms with Crippen LogP contribution >= 0.6 is 12.4 Å². The second-order valence-electron chi connectivity index (χ2n) is 3.12. The van der Waals surface area contributed by atoms with Gasteiger partial charge in [-0.3, -0.25) is 4.79 Å². The summed E-state index contributed by atoms with van der Waals surface area (Å²) in [4.78, 5) is 10.7. The molecule has 0 saturated carbocycles. The second kappa shape index (κ2) is 8.29. The molecule has 0 rings (SSSR count). The van der Waals surface area contributed by atoms with Gasteiger partial charge in [0.2, 0.25) is 0 Å². The standard InChI is InChI=1S/C8H18N2O2.ClH/c1-6(2)7(8(11)12)10-5-4-9-3;/h6-7,9-10H,4-5H2,1-3H3,(H,11,12);1H/t7-;/m0./s1. The fraction of sp³-hybridized carbons (Fsp3) is 0.875. The predicted molar refractivity (Wildman–Crippen MR) is 55.4 cm³/mol. The lowest BCUT2D eigenvalue weighted by Gasteiger charge is -2.17. The third kappa shape index (κ3) is 6.81. The highest BCUT2D eigenvalue weighted by atomic mass is 35.5. The Kier molecular flexibility index (Phi) is 9.67. The maximum Gasteiger partial charge on any atom is 0.320 e. The zero-order valence-electron chi connectivity index (χ0n) is 8.33. The van der Waals surface area contributed by atoms with E-state index in [1.807, 2.05) is 20.9 Å². The summed E-state index contributed by atoms with van der Waals surface area (Å²) in [6.45, 7) is 5.26. The number of rotatable bonds is 6. The smallest absolute Gasteiger partial charge is 0.320 e. The number of hydrogen-bond donors (Lipinski definition) is 3. The van der Waals surface area contributed by atoms with Crippen LogP contribution in [0.3, 0.4) is 0 Å². The highest BCUT2D eigenvalue weighted by Crippen LogP contribution is 2.00. The Morgan fingerprint density at radius 3 is 2.23 bits per heavy atom. The van der Waals surface area contributed by atoms with Crippen molar-refractivity contribution in [1.29, 1.82) is 0 Å². The van der Waals surface area contributed by atoms with Crippen molar-refractivity contribution in [3.05, 3.63) is 0 Å². The normalized spacial score (nSPS) is 12.3. The van der Waals surface area contributed by atoms with Gasteiger partial charge in [-0.05, 0) is 13.0 Å². The second-order valence-corrected chi connectivity index (χ2v) is 3.12. The van der Waals surface area contributed by atoms with Crippen molar-refractivity contribution in [1.82, 2.24) is 10.6 Å². The fourth-order valence-corrected chi connectivity index (χ4v) is 0.961. The van der Waals surface area contributed by atoms with Crippen LogP contribution < -0.4 is 10.6 Å². The molecule has 3 N–H and O–H groups in total. The van der Waals surface area contributed by atoms with Crippen molar-refractivity contribution in [3.8, 4) is 0 Å². The number of hydrogen-bond acceptors (Lipinski definition) is 3. The molecule has 1 atom stereocenters. The zero-order chi connectivity index (χ0) is 9.56. The number of carbonyl (C=O) groups is 1. The Bertz CT molecular complexity index is 142. The van der Waals surface area contributed by atoms with Crippen LogP contribution in [-0.4, -0.2) is 37.3 Å². The molecule has 0 radical (unpaired) electrons. The minimum Gasteiger partial charge on any atom is -0.480 e. The molecule has 0 bridgehead atoms. The van der Waals surface area contributed by atoms with Gasteiger partial charge in [-0.1, -0.05) is 13.8 Å². The summed E-state index contributed by atoms with van der Waals surface area (Å²) in [5.41, 5.74) is 0. The van der Waals surface area contributed by atoms with E-state index in [1.165, 1.54) is 0 Å². The molecule has 0 aromatic rings. The van der Waals surface area contributed by atoms with E-state index in [0.717, 1.165) is 6.54 Å². The summed E-state index contributed by atoms with van der Waals surface area (Å²) in [6.07, 6.45) is 0. The van der Waals surface area contributed by atoms with E-state index in [9.17, 15) is 4.79 Å². The van der Waals surface area contributed by atoms with Gasteiger partial charge in [0.25, 0.3) is 0 Å². The summed E-state index contributed by atoms with van der Waals surface area (Å²) < 4.78 is 0. The Morgan fingerprint density at radius 1 is 1.38 bits per heavy atom.